The van der Waals surface area contributed by atoms with Crippen LogP contribution in [0.2, 0.25) is 0 Å². The summed E-state index contributed by atoms with van der Waals surface area (Å²) in [6, 6.07) is 0. The lowest BCUT2D eigenvalue weighted by Gasteiger charge is -2.28. The highest BCUT2D eigenvalue weighted by atomic mass is 32.2. The van der Waals surface area contributed by atoms with Crippen LogP contribution >= 0.6 is 0 Å². The monoisotopic (exact) mass is 288 g/mol. The predicted molar refractivity (Wildman–Crippen MR) is 74.4 cm³/mol. The molecule has 0 aromatic heterocycles. The van der Waals surface area contributed by atoms with E-state index < -0.39 is 10.8 Å². The molecule has 2 aliphatic carbocycles. The molecule has 2 rings (SSSR count). The van der Waals surface area contributed by atoms with Crippen LogP contribution in [0, 0.1) is 5.41 Å². The molecule has 0 N–H and O–H groups in total. The molecule has 0 aromatic rings. The van der Waals surface area contributed by atoms with Gasteiger partial charge in [0.15, 0.2) is 0 Å². The number of rotatable bonds is 6. The predicted octanol–water partition coefficient (Wildman–Crippen LogP) is 2.04. The smallest absolute Gasteiger partial charge is 0.306 e. The molecule has 0 saturated heterocycles. The third-order valence-corrected chi connectivity index (χ3v) is 6.50. The number of ether oxygens (including phenoxy) is 2. The van der Waals surface area contributed by atoms with Crippen LogP contribution in [0.5, 0.6) is 0 Å². The molecule has 2 saturated carbocycles. The third kappa shape index (κ3) is 4.02. The molecule has 3 unspecified atom stereocenters. The molecule has 0 aliphatic heterocycles. The van der Waals surface area contributed by atoms with Crippen LogP contribution in [0.25, 0.3) is 0 Å². The van der Waals surface area contributed by atoms with Crippen molar-refractivity contribution in [2.45, 2.75) is 56.3 Å². The van der Waals surface area contributed by atoms with Gasteiger partial charge in [-0.15, -0.1) is 0 Å². The van der Waals surface area contributed by atoms with Crippen LogP contribution in [-0.4, -0.2) is 41.5 Å². The first-order chi connectivity index (χ1) is 9.08. The Morgan fingerprint density at radius 1 is 1.32 bits per heavy atom. The van der Waals surface area contributed by atoms with Gasteiger partial charge in [-0.1, -0.05) is 0 Å². The Morgan fingerprint density at radius 2 is 2.05 bits per heavy atom. The number of hydrogen-bond donors (Lipinski definition) is 0. The molecule has 0 radical (unpaired) electrons. The van der Waals surface area contributed by atoms with Gasteiger partial charge < -0.3 is 9.47 Å². The zero-order valence-electron chi connectivity index (χ0n) is 11.9. The van der Waals surface area contributed by atoms with Crippen molar-refractivity contribution in [3.63, 3.8) is 0 Å². The molecular formula is C14H24O4S. The minimum Gasteiger partial charge on any atom is -0.469 e. The molecule has 2 aliphatic rings. The number of esters is 1. The number of carbonyl (C=O) groups excluding carboxylic acids is 1. The highest BCUT2D eigenvalue weighted by Gasteiger charge is 2.47. The van der Waals surface area contributed by atoms with Gasteiger partial charge in [-0.3, -0.25) is 9.00 Å². The summed E-state index contributed by atoms with van der Waals surface area (Å²) in [5.41, 5.74) is -0.0298. The van der Waals surface area contributed by atoms with Crippen molar-refractivity contribution in [3.8, 4) is 0 Å². The first kappa shape index (κ1) is 15.0. The van der Waals surface area contributed by atoms with E-state index in [-0.39, 0.29) is 22.7 Å². The summed E-state index contributed by atoms with van der Waals surface area (Å²) in [4.78, 5) is 11.4. The highest BCUT2D eigenvalue weighted by molar-refractivity contribution is 7.85. The van der Waals surface area contributed by atoms with Gasteiger partial charge in [-0.05, 0) is 43.9 Å². The molecule has 0 aromatic carbocycles. The van der Waals surface area contributed by atoms with E-state index in [0.717, 1.165) is 38.5 Å². The molecule has 0 spiro atoms. The lowest BCUT2D eigenvalue weighted by molar-refractivity contribution is -0.141. The minimum absolute atomic E-state index is 0.0298. The standard InChI is InChI=1S/C14H24O4S/c1-17-11-4-3-5-12(8-11)19(16)10-14(6-7-14)9-13(15)18-2/h11-12H,3-10H2,1-2H3. The Hall–Kier alpha value is -0.420. The summed E-state index contributed by atoms with van der Waals surface area (Å²) < 4.78 is 22.6. The fourth-order valence-corrected chi connectivity index (χ4v) is 4.99. The zero-order valence-corrected chi connectivity index (χ0v) is 12.7. The second-order valence-corrected chi connectivity index (χ2v) is 7.64. The Morgan fingerprint density at radius 3 is 2.63 bits per heavy atom. The van der Waals surface area contributed by atoms with Crippen molar-refractivity contribution in [2.24, 2.45) is 5.41 Å². The molecule has 0 bridgehead atoms. The van der Waals surface area contributed by atoms with E-state index in [1.165, 1.54) is 7.11 Å². The van der Waals surface area contributed by atoms with Crippen LogP contribution in [0.3, 0.4) is 0 Å². The Kier molecular flexibility index (Phi) is 5.01. The number of hydrogen-bond acceptors (Lipinski definition) is 4. The van der Waals surface area contributed by atoms with E-state index in [4.69, 9.17) is 9.47 Å². The maximum atomic E-state index is 12.5. The fourth-order valence-electron chi connectivity index (χ4n) is 2.90. The molecule has 2 fully saturated rings. The fraction of sp³-hybridized carbons (Fsp3) is 0.929. The van der Waals surface area contributed by atoms with Gasteiger partial charge in [-0.2, -0.15) is 0 Å². The van der Waals surface area contributed by atoms with Gasteiger partial charge in [0.1, 0.15) is 0 Å². The minimum atomic E-state index is -0.842. The first-order valence-electron chi connectivity index (χ1n) is 7.05. The molecule has 4 nitrogen and oxygen atoms in total. The Labute approximate surface area is 117 Å². The van der Waals surface area contributed by atoms with Crippen molar-refractivity contribution in [1.82, 2.24) is 0 Å². The van der Waals surface area contributed by atoms with Gasteiger partial charge in [0.25, 0.3) is 0 Å². The van der Waals surface area contributed by atoms with Crippen molar-refractivity contribution < 1.29 is 18.5 Å². The maximum absolute atomic E-state index is 12.5. The Balaban J connectivity index is 1.85. The number of methoxy groups -OCH3 is 2. The van der Waals surface area contributed by atoms with E-state index in [9.17, 15) is 9.00 Å². The molecule has 5 heteroatoms. The van der Waals surface area contributed by atoms with Crippen LogP contribution in [0.1, 0.15) is 44.9 Å². The highest BCUT2D eigenvalue weighted by Crippen LogP contribution is 2.50. The van der Waals surface area contributed by atoms with Crippen LogP contribution < -0.4 is 0 Å². The molecular weight excluding hydrogens is 264 g/mol. The van der Waals surface area contributed by atoms with Gasteiger partial charge in [0.2, 0.25) is 0 Å². The molecule has 3 atom stereocenters. The van der Waals surface area contributed by atoms with E-state index >= 15 is 0 Å². The normalized spacial score (nSPS) is 30.6. The van der Waals surface area contributed by atoms with Gasteiger partial charge >= 0.3 is 5.97 Å². The quantitative estimate of drug-likeness (QED) is 0.702. The summed E-state index contributed by atoms with van der Waals surface area (Å²) in [6.45, 7) is 0. The second kappa shape index (κ2) is 6.35. The third-order valence-electron chi connectivity index (χ3n) is 4.44. The van der Waals surface area contributed by atoms with Crippen molar-refractivity contribution in [1.29, 1.82) is 0 Å². The van der Waals surface area contributed by atoms with Gasteiger partial charge in [0.05, 0.1) is 19.6 Å². The van der Waals surface area contributed by atoms with E-state index in [0.29, 0.717) is 12.2 Å². The first-order valence-corrected chi connectivity index (χ1v) is 8.43. The maximum Gasteiger partial charge on any atom is 0.306 e. The summed E-state index contributed by atoms with van der Waals surface area (Å²) in [6.07, 6.45) is 6.81. The van der Waals surface area contributed by atoms with Crippen molar-refractivity contribution in [3.05, 3.63) is 0 Å². The molecule has 0 amide bonds. The van der Waals surface area contributed by atoms with Gasteiger partial charge in [-0.25, -0.2) is 0 Å². The van der Waals surface area contributed by atoms with Crippen LogP contribution in [-0.2, 0) is 25.1 Å². The van der Waals surface area contributed by atoms with Crippen LogP contribution in [0.4, 0.5) is 0 Å². The summed E-state index contributed by atoms with van der Waals surface area (Å²) >= 11 is 0. The molecule has 19 heavy (non-hydrogen) atoms. The lowest BCUT2D eigenvalue weighted by Crippen LogP contribution is -2.32. The summed E-state index contributed by atoms with van der Waals surface area (Å²) in [5.74, 6) is 0.483. The SMILES string of the molecule is COC(=O)CC1(CS(=O)C2CCCC(OC)C2)CC1. The molecule has 110 valence electrons. The average Bonchev–Trinajstić information content (AvgIpc) is 3.17. The van der Waals surface area contributed by atoms with Crippen LogP contribution in [0.15, 0.2) is 0 Å². The topological polar surface area (TPSA) is 52.6 Å². The van der Waals surface area contributed by atoms with Crippen molar-refractivity contribution >= 4 is 16.8 Å². The largest absolute Gasteiger partial charge is 0.469 e. The Bertz CT molecular complexity index is 351. The van der Waals surface area contributed by atoms with E-state index in [1.807, 2.05) is 0 Å². The van der Waals surface area contributed by atoms with E-state index in [2.05, 4.69) is 0 Å². The summed E-state index contributed by atoms with van der Waals surface area (Å²) in [7, 11) is 2.31. The molecule has 0 heterocycles. The number of carbonyl (C=O) groups is 1. The second-order valence-electron chi connectivity index (χ2n) is 5.92. The van der Waals surface area contributed by atoms with Crippen molar-refractivity contribution in [2.75, 3.05) is 20.0 Å². The summed E-state index contributed by atoms with van der Waals surface area (Å²) in [5, 5.41) is 0.244. The average molecular weight is 288 g/mol. The lowest BCUT2D eigenvalue weighted by atomic mass is 9.97. The zero-order chi connectivity index (χ0) is 13.9. The van der Waals surface area contributed by atoms with E-state index in [1.54, 1.807) is 7.11 Å². The van der Waals surface area contributed by atoms with Gasteiger partial charge in [0, 0.05) is 28.9 Å².